The number of aryl methyl sites for hydroxylation is 3. The van der Waals surface area contributed by atoms with Gasteiger partial charge in [0.1, 0.15) is 17.8 Å². The standard InChI is InChI=1S/C14H13FN6.C2H6/c1-8-11(4-17-10(3)19-8)12-6-21(20-9(12)2)13-5-16-7-18-14(13)15;1-2/h4-7H,1-3H3;1-2H3. The Morgan fingerprint density at radius 1 is 0.957 bits per heavy atom. The molecule has 0 fully saturated rings. The zero-order chi connectivity index (χ0) is 17.0. The average molecular weight is 314 g/mol. The van der Waals surface area contributed by atoms with Crippen LogP contribution in [-0.4, -0.2) is 29.7 Å². The maximum Gasteiger partial charge on any atom is 0.241 e. The highest BCUT2D eigenvalue weighted by molar-refractivity contribution is 5.66. The van der Waals surface area contributed by atoms with Crippen LogP contribution in [0.25, 0.3) is 16.8 Å². The van der Waals surface area contributed by atoms with Crippen molar-refractivity contribution in [1.29, 1.82) is 0 Å². The van der Waals surface area contributed by atoms with Gasteiger partial charge in [-0.2, -0.15) is 9.49 Å². The molecular weight excluding hydrogens is 295 g/mol. The highest BCUT2D eigenvalue weighted by atomic mass is 19.1. The van der Waals surface area contributed by atoms with Gasteiger partial charge in [0.2, 0.25) is 5.95 Å². The van der Waals surface area contributed by atoms with Gasteiger partial charge in [0.25, 0.3) is 0 Å². The van der Waals surface area contributed by atoms with Crippen LogP contribution in [0, 0.1) is 26.7 Å². The normalized spacial score (nSPS) is 10.2. The second kappa shape index (κ2) is 7.04. The first-order valence-corrected chi connectivity index (χ1v) is 7.39. The van der Waals surface area contributed by atoms with Crippen LogP contribution < -0.4 is 0 Å². The van der Waals surface area contributed by atoms with Crippen LogP contribution >= 0.6 is 0 Å². The van der Waals surface area contributed by atoms with Crippen LogP contribution in [0.1, 0.15) is 31.1 Å². The van der Waals surface area contributed by atoms with Gasteiger partial charge >= 0.3 is 0 Å². The molecule has 3 aromatic heterocycles. The maximum atomic E-state index is 13.7. The first kappa shape index (κ1) is 16.7. The third kappa shape index (κ3) is 3.39. The van der Waals surface area contributed by atoms with Crippen molar-refractivity contribution in [2.75, 3.05) is 0 Å². The molecule has 120 valence electrons. The number of nitrogens with zero attached hydrogens (tertiary/aromatic N) is 6. The molecule has 0 radical (unpaired) electrons. The SMILES string of the molecule is CC.Cc1ncc(-c2cn(-c3cncnc3F)nc2C)c(C)n1. The molecule has 0 saturated heterocycles. The molecule has 0 saturated carbocycles. The van der Waals surface area contributed by atoms with Crippen molar-refractivity contribution < 1.29 is 4.39 Å². The van der Waals surface area contributed by atoms with E-state index in [0.717, 1.165) is 28.8 Å². The molecule has 3 rings (SSSR count). The molecule has 0 N–H and O–H groups in total. The summed E-state index contributed by atoms with van der Waals surface area (Å²) in [5, 5.41) is 4.32. The molecule has 0 aliphatic heterocycles. The van der Waals surface area contributed by atoms with E-state index in [-0.39, 0.29) is 5.69 Å². The van der Waals surface area contributed by atoms with Crippen molar-refractivity contribution in [2.45, 2.75) is 34.6 Å². The Morgan fingerprint density at radius 2 is 1.70 bits per heavy atom. The predicted molar refractivity (Wildman–Crippen MR) is 85.7 cm³/mol. The lowest BCUT2D eigenvalue weighted by Gasteiger charge is -2.03. The molecule has 0 aliphatic rings. The molecule has 23 heavy (non-hydrogen) atoms. The van der Waals surface area contributed by atoms with E-state index in [9.17, 15) is 4.39 Å². The monoisotopic (exact) mass is 314 g/mol. The number of rotatable bonds is 2. The third-order valence-electron chi connectivity index (χ3n) is 3.18. The molecule has 0 spiro atoms. The van der Waals surface area contributed by atoms with Gasteiger partial charge in [-0.3, -0.25) is 0 Å². The summed E-state index contributed by atoms with van der Waals surface area (Å²) >= 11 is 0. The van der Waals surface area contributed by atoms with E-state index < -0.39 is 5.95 Å². The second-order valence-corrected chi connectivity index (χ2v) is 4.69. The minimum Gasteiger partial charge on any atom is -0.242 e. The van der Waals surface area contributed by atoms with Crippen molar-refractivity contribution in [3.63, 3.8) is 0 Å². The first-order valence-electron chi connectivity index (χ1n) is 7.39. The van der Waals surface area contributed by atoms with E-state index in [1.54, 1.807) is 12.4 Å². The van der Waals surface area contributed by atoms with E-state index in [0.29, 0.717) is 5.82 Å². The molecular formula is C16H19FN6. The number of aromatic nitrogens is 6. The topological polar surface area (TPSA) is 69.4 Å². The molecule has 0 bridgehead atoms. The highest BCUT2D eigenvalue weighted by Gasteiger charge is 2.14. The van der Waals surface area contributed by atoms with Gasteiger partial charge in [-0.05, 0) is 20.8 Å². The van der Waals surface area contributed by atoms with E-state index in [1.165, 1.54) is 10.9 Å². The highest BCUT2D eigenvalue weighted by Crippen LogP contribution is 2.25. The lowest BCUT2D eigenvalue weighted by Crippen LogP contribution is -2.01. The van der Waals surface area contributed by atoms with Crippen LogP contribution in [-0.2, 0) is 0 Å². The molecule has 0 aliphatic carbocycles. The summed E-state index contributed by atoms with van der Waals surface area (Å²) in [5.41, 5.74) is 3.55. The van der Waals surface area contributed by atoms with Crippen LogP contribution in [0.3, 0.4) is 0 Å². The molecule has 3 aromatic rings. The maximum absolute atomic E-state index is 13.7. The summed E-state index contributed by atoms with van der Waals surface area (Å²) in [6.07, 6.45) is 6.03. The molecule has 0 aromatic carbocycles. The fraction of sp³-hybridized carbons (Fsp3) is 0.312. The predicted octanol–water partition coefficient (Wildman–Crippen LogP) is 3.21. The summed E-state index contributed by atoms with van der Waals surface area (Å²) in [5.74, 6) is 0.0970. The van der Waals surface area contributed by atoms with Crippen LogP contribution in [0.2, 0.25) is 0 Å². The molecule has 3 heterocycles. The Labute approximate surface area is 134 Å². The Bertz CT molecular complexity index is 812. The van der Waals surface area contributed by atoms with Gasteiger partial charge in [0.05, 0.1) is 11.9 Å². The summed E-state index contributed by atoms with van der Waals surface area (Å²) in [6.45, 7) is 9.60. The molecule has 7 heteroatoms. The van der Waals surface area contributed by atoms with Gasteiger partial charge in [-0.25, -0.2) is 24.6 Å². The number of halogens is 1. The largest absolute Gasteiger partial charge is 0.242 e. The number of hydrogen-bond donors (Lipinski definition) is 0. The zero-order valence-electron chi connectivity index (χ0n) is 13.9. The van der Waals surface area contributed by atoms with Crippen molar-refractivity contribution >= 4 is 0 Å². The summed E-state index contributed by atoms with van der Waals surface area (Å²) < 4.78 is 15.1. The minimum absolute atomic E-state index is 0.206. The Balaban J connectivity index is 0.000000924. The summed E-state index contributed by atoms with van der Waals surface area (Å²) in [6, 6.07) is 0. The second-order valence-electron chi connectivity index (χ2n) is 4.69. The smallest absolute Gasteiger partial charge is 0.241 e. The van der Waals surface area contributed by atoms with Crippen molar-refractivity contribution in [3.05, 3.63) is 48.1 Å². The van der Waals surface area contributed by atoms with Crippen molar-refractivity contribution in [2.24, 2.45) is 0 Å². The molecule has 0 unspecified atom stereocenters. The zero-order valence-corrected chi connectivity index (χ0v) is 13.9. The van der Waals surface area contributed by atoms with E-state index in [1.807, 2.05) is 34.6 Å². The first-order chi connectivity index (χ1) is 11.1. The van der Waals surface area contributed by atoms with Gasteiger partial charge in [-0.15, -0.1) is 0 Å². The van der Waals surface area contributed by atoms with Crippen molar-refractivity contribution in [1.82, 2.24) is 29.7 Å². The van der Waals surface area contributed by atoms with Gasteiger partial charge in [0, 0.05) is 29.2 Å². The summed E-state index contributed by atoms with van der Waals surface area (Å²) in [7, 11) is 0. The Kier molecular flexibility index (Phi) is 5.10. The number of hydrogen-bond acceptors (Lipinski definition) is 5. The van der Waals surface area contributed by atoms with Crippen molar-refractivity contribution in [3.8, 4) is 16.8 Å². The summed E-state index contributed by atoms with van der Waals surface area (Å²) in [4.78, 5) is 15.9. The van der Waals surface area contributed by atoms with Crippen LogP contribution in [0.4, 0.5) is 4.39 Å². The quantitative estimate of drug-likeness (QED) is 0.679. The Hall–Kier alpha value is -2.70. The molecule has 0 amide bonds. The van der Waals surface area contributed by atoms with Gasteiger partial charge < -0.3 is 0 Å². The molecule has 6 nitrogen and oxygen atoms in total. The lowest BCUT2D eigenvalue weighted by atomic mass is 10.1. The Morgan fingerprint density at radius 3 is 2.35 bits per heavy atom. The fourth-order valence-electron chi connectivity index (χ4n) is 2.16. The van der Waals surface area contributed by atoms with E-state index >= 15 is 0 Å². The van der Waals surface area contributed by atoms with Crippen LogP contribution in [0.5, 0.6) is 0 Å². The lowest BCUT2D eigenvalue weighted by molar-refractivity contribution is 0.563. The van der Waals surface area contributed by atoms with Gasteiger partial charge in [0.15, 0.2) is 0 Å². The van der Waals surface area contributed by atoms with E-state index in [4.69, 9.17) is 0 Å². The average Bonchev–Trinajstić information content (AvgIpc) is 2.91. The van der Waals surface area contributed by atoms with Gasteiger partial charge in [-0.1, -0.05) is 13.8 Å². The minimum atomic E-state index is -0.615. The van der Waals surface area contributed by atoms with Crippen LogP contribution in [0.15, 0.2) is 24.9 Å². The van der Waals surface area contributed by atoms with E-state index in [2.05, 4.69) is 25.0 Å². The third-order valence-corrected chi connectivity index (χ3v) is 3.18. The fourth-order valence-corrected chi connectivity index (χ4v) is 2.16. The molecule has 0 atom stereocenters.